The van der Waals surface area contributed by atoms with Crippen molar-refractivity contribution in [2.24, 2.45) is 0 Å². The molecule has 2 heterocycles. The molecule has 0 fully saturated rings. The summed E-state index contributed by atoms with van der Waals surface area (Å²) in [6, 6.07) is 3.77. The lowest BCUT2D eigenvalue weighted by atomic mass is 9.97. The van der Waals surface area contributed by atoms with Gasteiger partial charge in [0.2, 0.25) is 6.79 Å². The van der Waals surface area contributed by atoms with Gasteiger partial charge in [-0.2, -0.15) is 0 Å². The van der Waals surface area contributed by atoms with Crippen LogP contribution in [-0.2, 0) is 0 Å². The molecule has 1 aliphatic rings. The van der Waals surface area contributed by atoms with Crippen LogP contribution < -0.4 is 14.2 Å². The van der Waals surface area contributed by atoms with Crippen LogP contribution in [0.25, 0.3) is 11.3 Å². The Kier molecular flexibility index (Phi) is 3.41. The summed E-state index contributed by atoms with van der Waals surface area (Å²) in [6.45, 7) is 6.36. The van der Waals surface area contributed by atoms with Crippen molar-refractivity contribution < 1.29 is 14.2 Å². The van der Waals surface area contributed by atoms with Crippen LogP contribution in [0.2, 0.25) is 0 Å². The SMILES string of the molecule is COc1cc2c(cc1-c1nc(C)ncc1C(C)C)OCO2. The summed E-state index contributed by atoms with van der Waals surface area (Å²) in [6.07, 6.45) is 1.88. The van der Waals surface area contributed by atoms with Crippen molar-refractivity contribution in [3.63, 3.8) is 0 Å². The molecule has 0 atom stereocenters. The van der Waals surface area contributed by atoms with E-state index in [0.29, 0.717) is 11.7 Å². The van der Waals surface area contributed by atoms with Gasteiger partial charge >= 0.3 is 0 Å². The molecule has 0 saturated heterocycles. The summed E-state index contributed by atoms with van der Waals surface area (Å²) in [5.41, 5.74) is 2.86. The maximum atomic E-state index is 5.50. The molecule has 0 spiro atoms. The van der Waals surface area contributed by atoms with Gasteiger partial charge in [-0.1, -0.05) is 13.8 Å². The maximum absolute atomic E-state index is 5.50. The first kappa shape index (κ1) is 13.7. The Morgan fingerprint density at radius 2 is 1.90 bits per heavy atom. The molecule has 3 rings (SSSR count). The molecular weight excluding hydrogens is 268 g/mol. The van der Waals surface area contributed by atoms with E-state index in [1.165, 1.54) is 0 Å². The third kappa shape index (κ3) is 2.39. The normalized spacial score (nSPS) is 12.8. The summed E-state index contributed by atoms with van der Waals surface area (Å²) in [4.78, 5) is 8.92. The topological polar surface area (TPSA) is 53.5 Å². The number of nitrogens with zero attached hydrogens (tertiary/aromatic N) is 2. The molecule has 1 aromatic heterocycles. The number of hydrogen-bond acceptors (Lipinski definition) is 5. The van der Waals surface area contributed by atoms with Crippen LogP contribution in [0.3, 0.4) is 0 Å². The van der Waals surface area contributed by atoms with Crippen LogP contribution in [0.1, 0.15) is 31.2 Å². The van der Waals surface area contributed by atoms with Gasteiger partial charge in [0.25, 0.3) is 0 Å². The smallest absolute Gasteiger partial charge is 0.231 e. The van der Waals surface area contributed by atoms with Crippen LogP contribution in [0.5, 0.6) is 17.2 Å². The molecule has 110 valence electrons. The van der Waals surface area contributed by atoms with Crippen LogP contribution in [-0.4, -0.2) is 23.9 Å². The summed E-state index contributed by atoms with van der Waals surface area (Å²) in [7, 11) is 1.64. The van der Waals surface area contributed by atoms with Gasteiger partial charge in [0.15, 0.2) is 11.5 Å². The number of hydrogen-bond donors (Lipinski definition) is 0. The minimum Gasteiger partial charge on any atom is -0.496 e. The minimum absolute atomic E-state index is 0.238. The molecular formula is C16H18N2O3. The maximum Gasteiger partial charge on any atom is 0.231 e. The first-order valence-corrected chi connectivity index (χ1v) is 6.91. The lowest BCUT2D eigenvalue weighted by Crippen LogP contribution is -2.01. The number of methoxy groups -OCH3 is 1. The van der Waals surface area contributed by atoms with E-state index in [-0.39, 0.29) is 6.79 Å². The monoisotopic (exact) mass is 286 g/mol. The average Bonchev–Trinajstić information content (AvgIpc) is 2.92. The fourth-order valence-corrected chi connectivity index (χ4v) is 2.39. The van der Waals surface area contributed by atoms with E-state index in [1.807, 2.05) is 25.3 Å². The second-order valence-corrected chi connectivity index (χ2v) is 5.28. The largest absolute Gasteiger partial charge is 0.496 e. The predicted molar refractivity (Wildman–Crippen MR) is 79.0 cm³/mol. The predicted octanol–water partition coefficient (Wildman–Crippen LogP) is 3.31. The zero-order valence-electron chi connectivity index (χ0n) is 12.6. The highest BCUT2D eigenvalue weighted by molar-refractivity contribution is 5.74. The molecule has 0 saturated carbocycles. The highest BCUT2D eigenvalue weighted by atomic mass is 16.7. The van der Waals surface area contributed by atoms with Gasteiger partial charge in [-0.3, -0.25) is 0 Å². The molecule has 2 aromatic rings. The number of aromatic nitrogens is 2. The van der Waals surface area contributed by atoms with Crippen LogP contribution in [0, 0.1) is 6.92 Å². The number of rotatable bonds is 3. The van der Waals surface area contributed by atoms with E-state index in [4.69, 9.17) is 14.2 Å². The summed E-state index contributed by atoms with van der Waals surface area (Å²) in [5, 5.41) is 0. The average molecular weight is 286 g/mol. The van der Waals surface area contributed by atoms with Crippen molar-refractivity contribution in [2.75, 3.05) is 13.9 Å². The van der Waals surface area contributed by atoms with Crippen molar-refractivity contribution in [2.45, 2.75) is 26.7 Å². The van der Waals surface area contributed by atoms with Crippen molar-refractivity contribution in [1.29, 1.82) is 0 Å². The fourth-order valence-electron chi connectivity index (χ4n) is 2.39. The van der Waals surface area contributed by atoms with Crippen molar-refractivity contribution in [3.8, 4) is 28.5 Å². The highest BCUT2D eigenvalue weighted by Gasteiger charge is 2.22. The second-order valence-electron chi connectivity index (χ2n) is 5.28. The molecule has 0 amide bonds. The summed E-state index contributed by atoms with van der Waals surface area (Å²) < 4.78 is 16.4. The Morgan fingerprint density at radius 3 is 2.57 bits per heavy atom. The number of benzene rings is 1. The third-order valence-electron chi connectivity index (χ3n) is 3.51. The molecule has 0 bridgehead atoms. The number of fused-ring (bicyclic) bond motifs is 1. The summed E-state index contributed by atoms with van der Waals surface area (Å²) in [5.74, 6) is 3.19. The zero-order chi connectivity index (χ0) is 15.0. The Labute approximate surface area is 123 Å². The zero-order valence-corrected chi connectivity index (χ0v) is 12.6. The van der Waals surface area contributed by atoms with E-state index in [9.17, 15) is 0 Å². The molecule has 1 aromatic carbocycles. The van der Waals surface area contributed by atoms with Gasteiger partial charge < -0.3 is 14.2 Å². The summed E-state index contributed by atoms with van der Waals surface area (Å²) >= 11 is 0. The van der Waals surface area contributed by atoms with Gasteiger partial charge in [0.1, 0.15) is 11.6 Å². The third-order valence-corrected chi connectivity index (χ3v) is 3.51. The van der Waals surface area contributed by atoms with E-state index in [0.717, 1.165) is 34.1 Å². The molecule has 0 aliphatic carbocycles. The van der Waals surface area contributed by atoms with Crippen molar-refractivity contribution in [3.05, 3.63) is 29.7 Å². The van der Waals surface area contributed by atoms with E-state index < -0.39 is 0 Å². The molecule has 21 heavy (non-hydrogen) atoms. The van der Waals surface area contributed by atoms with Crippen LogP contribution in [0.4, 0.5) is 0 Å². The number of aryl methyl sites for hydroxylation is 1. The quantitative estimate of drug-likeness (QED) is 0.866. The van der Waals surface area contributed by atoms with Crippen molar-refractivity contribution in [1.82, 2.24) is 9.97 Å². The van der Waals surface area contributed by atoms with Gasteiger partial charge in [0, 0.05) is 17.8 Å². The van der Waals surface area contributed by atoms with Crippen LogP contribution >= 0.6 is 0 Å². The van der Waals surface area contributed by atoms with Gasteiger partial charge in [-0.15, -0.1) is 0 Å². The Hall–Kier alpha value is -2.30. The van der Waals surface area contributed by atoms with Gasteiger partial charge in [-0.25, -0.2) is 9.97 Å². The Bertz CT molecular complexity index is 683. The van der Waals surface area contributed by atoms with E-state index in [1.54, 1.807) is 7.11 Å². The first-order valence-electron chi connectivity index (χ1n) is 6.91. The molecule has 0 radical (unpaired) electrons. The molecule has 1 aliphatic heterocycles. The Morgan fingerprint density at radius 1 is 1.19 bits per heavy atom. The first-order chi connectivity index (χ1) is 10.1. The standard InChI is InChI=1S/C16H18N2O3/c1-9(2)12-7-17-10(3)18-16(12)11-5-14-15(21-8-20-14)6-13(11)19-4/h5-7,9H,8H2,1-4H3. The Balaban J connectivity index is 2.22. The lowest BCUT2D eigenvalue weighted by Gasteiger charge is -2.15. The molecule has 5 heteroatoms. The highest BCUT2D eigenvalue weighted by Crippen LogP contribution is 2.43. The lowest BCUT2D eigenvalue weighted by molar-refractivity contribution is 0.174. The van der Waals surface area contributed by atoms with E-state index >= 15 is 0 Å². The van der Waals surface area contributed by atoms with Crippen molar-refractivity contribution >= 4 is 0 Å². The molecule has 5 nitrogen and oxygen atoms in total. The molecule has 0 unspecified atom stereocenters. The number of ether oxygens (including phenoxy) is 3. The fraction of sp³-hybridized carbons (Fsp3) is 0.375. The second kappa shape index (κ2) is 5.24. The van der Waals surface area contributed by atoms with Crippen LogP contribution in [0.15, 0.2) is 18.3 Å². The molecule has 0 N–H and O–H groups in total. The van der Waals surface area contributed by atoms with Gasteiger partial charge in [0.05, 0.1) is 12.8 Å². The van der Waals surface area contributed by atoms with Gasteiger partial charge in [-0.05, 0) is 24.5 Å². The minimum atomic E-state index is 0.238. The van der Waals surface area contributed by atoms with E-state index in [2.05, 4.69) is 23.8 Å².